The Morgan fingerprint density at radius 1 is 1.21 bits per heavy atom. The smallest absolute Gasteiger partial charge is 0.337 e. The van der Waals surface area contributed by atoms with Gasteiger partial charge in [-0.25, -0.2) is 14.5 Å². The molecule has 3 heterocycles. The molecule has 0 spiro atoms. The molecule has 1 aromatic carbocycles. The summed E-state index contributed by atoms with van der Waals surface area (Å²) in [6, 6.07) is 5.77. The first-order valence-corrected chi connectivity index (χ1v) is 9.83. The van der Waals surface area contributed by atoms with E-state index in [-0.39, 0.29) is 5.56 Å². The molecule has 4 aromatic rings. The molecular formula is C20H20BrN5O2. The van der Waals surface area contributed by atoms with Crippen LogP contribution < -0.4 is 0 Å². The molecule has 0 bridgehead atoms. The SMILES string of the molecule is Cc1nn(Cc2cc(Br)cc3cnn(CC(C)C)c23)c2ncc(C(=O)O)cc12. The molecule has 0 aliphatic rings. The summed E-state index contributed by atoms with van der Waals surface area (Å²) in [5.41, 5.74) is 3.75. The van der Waals surface area contributed by atoms with E-state index in [1.54, 1.807) is 6.07 Å². The van der Waals surface area contributed by atoms with Crippen molar-refractivity contribution in [2.45, 2.75) is 33.9 Å². The van der Waals surface area contributed by atoms with Gasteiger partial charge in [0.15, 0.2) is 5.65 Å². The minimum atomic E-state index is -0.993. The summed E-state index contributed by atoms with van der Waals surface area (Å²) in [4.78, 5) is 15.6. The van der Waals surface area contributed by atoms with Crippen LogP contribution >= 0.6 is 15.9 Å². The average Bonchev–Trinajstić information content (AvgIpc) is 3.15. The van der Waals surface area contributed by atoms with Crippen LogP contribution in [0.25, 0.3) is 21.9 Å². The Balaban J connectivity index is 1.84. The predicted octanol–water partition coefficient (Wildman–Crippen LogP) is 4.25. The second kappa shape index (κ2) is 7.01. The number of pyridine rings is 1. The van der Waals surface area contributed by atoms with Crippen molar-refractivity contribution in [3.8, 4) is 0 Å². The van der Waals surface area contributed by atoms with Gasteiger partial charge in [-0.3, -0.25) is 4.68 Å². The summed E-state index contributed by atoms with van der Waals surface area (Å²) in [6.45, 7) is 7.55. The van der Waals surface area contributed by atoms with Crippen LogP contribution in [0.15, 0.2) is 35.1 Å². The number of fused-ring (bicyclic) bond motifs is 2. The van der Waals surface area contributed by atoms with Crippen molar-refractivity contribution in [2.75, 3.05) is 0 Å². The molecule has 0 aliphatic heterocycles. The molecule has 0 amide bonds. The number of carbonyl (C=O) groups is 1. The Hall–Kier alpha value is -2.74. The summed E-state index contributed by atoms with van der Waals surface area (Å²) in [7, 11) is 0. The Morgan fingerprint density at radius 2 is 2.00 bits per heavy atom. The Labute approximate surface area is 170 Å². The third-order valence-corrected chi connectivity index (χ3v) is 5.11. The lowest BCUT2D eigenvalue weighted by Crippen LogP contribution is -2.09. The summed E-state index contributed by atoms with van der Waals surface area (Å²) < 4.78 is 4.84. The summed E-state index contributed by atoms with van der Waals surface area (Å²) in [5, 5.41) is 20.2. The minimum absolute atomic E-state index is 0.162. The van der Waals surface area contributed by atoms with Crippen LogP contribution in [0.5, 0.6) is 0 Å². The van der Waals surface area contributed by atoms with Gasteiger partial charge >= 0.3 is 5.97 Å². The molecule has 8 heteroatoms. The van der Waals surface area contributed by atoms with Crippen molar-refractivity contribution < 1.29 is 9.90 Å². The first-order chi connectivity index (χ1) is 13.3. The number of carboxylic acid groups (broad SMARTS) is 1. The first-order valence-electron chi connectivity index (χ1n) is 9.04. The number of hydrogen-bond acceptors (Lipinski definition) is 4. The maximum absolute atomic E-state index is 11.3. The van der Waals surface area contributed by atoms with Gasteiger partial charge in [0.25, 0.3) is 0 Å². The van der Waals surface area contributed by atoms with E-state index in [1.807, 2.05) is 22.5 Å². The van der Waals surface area contributed by atoms with E-state index in [9.17, 15) is 9.90 Å². The molecule has 0 atom stereocenters. The van der Waals surface area contributed by atoms with Crippen LogP contribution in [-0.2, 0) is 13.1 Å². The summed E-state index contributed by atoms with van der Waals surface area (Å²) in [5.74, 6) is -0.517. The van der Waals surface area contributed by atoms with E-state index < -0.39 is 5.97 Å². The number of rotatable bonds is 5. The van der Waals surface area contributed by atoms with Gasteiger partial charge in [-0.15, -0.1) is 0 Å². The number of aromatic nitrogens is 5. The highest BCUT2D eigenvalue weighted by molar-refractivity contribution is 9.10. The third-order valence-electron chi connectivity index (χ3n) is 4.65. The van der Waals surface area contributed by atoms with Gasteiger partial charge in [0.05, 0.1) is 29.5 Å². The van der Waals surface area contributed by atoms with Gasteiger partial charge in [0.1, 0.15) is 0 Å². The van der Waals surface area contributed by atoms with Crippen molar-refractivity contribution in [1.82, 2.24) is 24.5 Å². The maximum Gasteiger partial charge on any atom is 0.337 e. The van der Waals surface area contributed by atoms with Crippen LogP contribution in [0.3, 0.4) is 0 Å². The number of nitrogens with zero attached hydrogens (tertiary/aromatic N) is 5. The Morgan fingerprint density at radius 3 is 2.71 bits per heavy atom. The lowest BCUT2D eigenvalue weighted by atomic mass is 10.1. The molecule has 0 fully saturated rings. The largest absolute Gasteiger partial charge is 0.478 e. The van der Waals surface area contributed by atoms with E-state index in [1.165, 1.54) is 6.20 Å². The van der Waals surface area contributed by atoms with Crippen LogP contribution in [0.2, 0.25) is 0 Å². The van der Waals surface area contributed by atoms with E-state index in [0.29, 0.717) is 18.1 Å². The molecule has 3 aromatic heterocycles. The Kier molecular flexibility index (Phi) is 4.66. The van der Waals surface area contributed by atoms with Crippen molar-refractivity contribution in [1.29, 1.82) is 0 Å². The van der Waals surface area contributed by atoms with E-state index in [0.717, 1.165) is 38.6 Å². The molecule has 0 aliphatic carbocycles. The van der Waals surface area contributed by atoms with Crippen molar-refractivity contribution in [2.24, 2.45) is 5.92 Å². The topological polar surface area (TPSA) is 85.8 Å². The molecule has 28 heavy (non-hydrogen) atoms. The van der Waals surface area contributed by atoms with Gasteiger partial charge in [-0.05, 0) is 31.0 Å². The van der Waals surface area contributed by atoms with Crippen molar-refractivity contribution in [3.05, 3.63) is 51.9 Å². The maximum atomic E-state index is 11.3. The zero-order valence-corrected chi connectivity index (χ0v) is 17.4. The highest BCUT2D eigenvalue weighted by Crippen LogP contribution is 2.27. The van der Waals surface area contributed by atoms with E-state index >= 15 is 0 Å². The fraction of sp³-hybridized carbons (Fsp3) is 0.300. The number of halogens is 1. The number of aromatic carboxylic acids is 1. The number of carboxylic acids is 1. The second-order valence-corrected chi connectivity index (χ2v) is 8.28. The fourth-order valence-electron chi connectivity index (χ4n) is 3.49. The standard InChI is InChI=1S/C20H20BrN5O2/c1-11(2)9-25-18-13(8-23-25)4-16(21)5-15(18)10-26-19-17(12(3)24-26)6-14(7-22-19)20(27)28/h4-8,11H,9-10H2,1-3H3,(H,27,28). The predicted molar refractivity (Wildman–Crippen MR) is 111 cm³/mol. The molecule has 4 rings (SSSR count). The highest BCUT2D eigenvalue weighted by atomic mass is 79.9. The quantitative estimate of drug-likeness (QED) is 0.499. The minimum Gasteiger partial charge on any atom is -0.478 e. The third kappa shape index (κ3) is 3.28. The van der Waals surface area contributed by atoms with E-state index in [2.05, 4.69) is 57.1 Å². The number of benzene rings is 1. The molecule has 0 saturated carbocycles. The molecule has 0 radical (unpaired) electrons. The van der Waals surface area contributed by atoms with Crippen molar-refractivity contribution >= 4 is 43.8 Å². The molecule has 144 valence electrons. The molecular weight excluding hydrogens is 422 g/mol. The molecule has 0 unspecified atom stereocenters. The second-order valence-electron chi connectivity index (χ2n) is 7.37. The van der Waals surface area contributed by atoms with Gasteiger partial charge in [-0.1, -0.05) is 29.8 Å². The van der Waals surface area contributed by atoms with Crippen LogP contribution in [0.4, 0.5) is 0 Å². The zero-order valence-electron chi connectivity index (χ0n) is 15.8. The summed E-state index contributed by atoms with van der Waals surface area (Å²) >= 11 is 3.59. The van der Waals surface area contributed by atoms with Crippen LogP contribution in [-0.4, -0.2) is 35.6 Å². The first kappa shape index (κ1) is 18.6. The normalized spacial score (nSPS) is 11.8. The van der Waals surface area contributed by atoms with Gasteiger partial charge in [0.2, 0.25) is 0 Å². The number of hydrogen-bond donors (Lipinski definition) is 1. The molecule has 1 N–H and O–H groups in total. The van der Waals surface area contributed by atoms with Gasteiger partial charge in [0, 0.05) is 33.6 Å². The zero-order chi connectivity index (χ0) is 20.0. The summed E-state index contributed by atoms with van der Waals surface area (Å²) in [6.07, 6.45) is 3.26. The van der Waals surface area contributed by atoms with E-state index in [4.69, 9.17) is 0 Å². The monoisotopic (exact) mass is 441 g/mol. The lowest BCUT2D eigenvalue weighted by molar-refractivity contribution is 0.0696. The van der Waals surface area contributed by atoms with Gasteiger partial charge in [-0.2, -0.15) is 10.2 Å². The van der Waals surface area contributed by atoms with Crippen LogP contribution in [0.1, 0.15) is 35.5 Å². The molecule has 7 nitrogen and oxygen atoms in total. The molecule has 0 saturated heterocycles. The fourth-order valence-corrected chi connectivity index (χ4v) is 4.01. The van der Waals surface area contributed by atoms with Crippen molar-refractivity contribution in [3.63, 3.8) is 0 Å². The highest BCUT2D eigenvalue weighted by Gasteiger charge is 2.16. The average molecular weight is 442 g/mol. The van der Waals surface area contributed by atoms with Crippen LogP contribution in [0, 0.1) is 12.8 Å². The Bertz CT molecular complexity index is 1210. The lowest BCUT2D eigenvalue weighted by Gasteiger charge is -2.11. The number of aryl methyl sites for hydroxylation is 1. The van der Waals surface area contributed by atoms with Gasteiger partial charge < -0.3 is 5.11 Å².